The Hall–Kier alpha value is -0.420. The minimum atomic E-state index is -0.0502. The van der Waals surface area contributed by atoms with E-state index in [-0.39, 0.29) is 12.6 Å². The van der Waals surface area contributed by atoms with Crippen LogP contribution < -0.4 is 10.6 Å². The second kappa shape index (κ2) is 9.48. The first-order valence-electron chi connectivity index (χ1n) is 7.37. The fourth-order valence-electron chi connectivity index (χ4n) is 2.70. The Morgan fingerprint density at radius 2 is 2.21 bits per heavy atom. The maximum absolute atomic E-state index is 11.8. The normalized spacial score (nSPS) is 24.2. The van der Waals surface area contributed by atoms with Gasteiger partial charge in [0.25, 0.3) is 0 Å². The number of aliphatic hydroxyl groups is 1. The molecule has 0 saturated heterocycles. The van der Waals surface area contributed by atoms with Crippen LogP contribution in [0.5, 0.6) is 0 Å². The highest BCUT2D eigenvalue weighted by Crippen LogP contribution is 2.27. The summed E-state index contributed by atoms with van der Waals surface area (Å²) < 4.78 is 0. The lowest BCUT2D eigenvalue weighted by Gasteiger charge is -2.18. The molecule has 3 unspecified atom stereocenters. The molecule has 0 aromatic heterocycles. The van der Waals surface area contributed by atoms with E-state index in [9.17, 15) is 4.79 Å². The Bertz CT molecular complexity index is 258. The van der Waals surface area contributed by atoms with Gasteiger partial charge < -0.3 is 15.7 Å². The van der Waals surface area contributed by atoms with E-state index in [2.05, 4.69) is 23.8 Å². The van der Waals surface area contributed by atoms with Crippen LogP contribution in [0.15, 0.2) is 0 Å². The summed E-state index contributed by atoms with van der Waals surface area (Å²) >= 11 is 1.90. The Morgan fingerprint density at radius 1 is 1.42 bits per heavy atom. The third-order valence-corrected chi connectivity index (χ3v) is 4.93. The van der Waals surface area contributed by atoms with Crippen LogP contribution in [0.4, 0.5) is 4.79 Å². The number of rotatable bonds is 8. The number of urea groups is 1. The number of carbonyl (C=O) groups excluding carboxylic acids is 1. The number of hydrogen-bond acceptors (Lipinski definition) is 3. The largest absolute Gasteiger partial charge is 0.396 e. The van der Waals surface area contributed by atoms with Crippen molar-refractivity contribution in [1.82, 2.24) is 10.6 Å². The molecule has 112 valence electrons. The van der Waals surface area contributed by atoms with Gasteiger partial charge in [-0.15, -0.1) is 0 Å². The molecule has 0 aromatic carbocycles. The Labute approximate surface area is 121 Å². The van der Waals surface area contributed by atoms with Crippen LogP contribution in [-0.2, 0) is 0 Å². The molecule has 1 fully saturated rings. The topological polar surface area (TPSA) is 61.4 Å². The van der Waals surface area contributed by atoms with Crippen LogP contribution in [0.1, 0.15) is 45.4 Å². The van der Waals surface area contributed by atoms with E-state index in [1.807, 2.05) is 11.8 Å². The molecule has 0 aromatic rings. The maximum Gasteiger partial charge on any atom is 0.315 e. The van der Waals surface area contributed by atoms with E-state index in [1.165, 1.54) is 6.42 Å². The molecular formula is C14H28N2O2S. The van der Waals surface area contributed by atoms with Gasteiger partial charge in [0.05, 0.1) is 0 Å². The zero-order chi connectivity index (χ0) is 14.1. The molecule has 2 amide bonds. The van der Waals surface area contributed by atoms with E-state index >= 15 is 0 Å². The average Bonchev–Trinajstić information content (AvgIpc) is 2.84. The highest BCUT2D eigenvalue weighted by molar-refractivity contribution is 7.99. The number of carbonyl (C=O) groups is 1. The van der Waals surface area contributed by atoms with Crippen LogP contribution in [-0.4, -0.2) is 41.8 Å². The van der Waals surface area contributed by atoms with Crippen molar-refractivity contribution in [2.45, 2.75) is 56.7 Å². The Balaban J connectivity index is 2.19. The summed E-state index contributed by atoms with van der Waals surface area (Å²) in [5.74, 6) is 0.392. The van der Waals surface area contributed by atoms with Crippen molar-refractivity contribution in [3.8, 4) is 0 Å². The third kappa shape index (κ3) is 6.52. The summed E-state index contributed by atoms with van der Waals surface area (Å²) in [5, 5.41) is 15.7. The lowest BCUT2D eigenvalue weighted by molar-refractivity contribution is 0.226. The number of nitrogens with one attached hydrogen (secondary N) is 2. The standard InChI is InChI=1S/C14H28N2O2S/c1-3-4-11(7-8-17)10-15-14(18)16-12-5-6-13(9-12)19-2/h11-13,17H,3-10H2,1-2H3,(H2,15,16,18). The second-order valence-electron chi connectivity index (χ2n) is 5.39. The Morgan fingerprint density at radius 3 is 2.79 bits per heavy atom. The van der Waals surface area contributed by atoms with Crippen molar-refractivity contribution in [3.63, 3.8) is 0 Å². The number of thioether (sulfide) groups is 1. The molecule has 4 nitrogen and oxygen atoms in total. The number of amides is 2. The van der Waals surface area contributed by atoms with Gasteiger partial charge in [0.1, 0.15) is 0 Å². The van der Waals surface area contributed by atoms with E-state index < -0.39 is 0 Å². The molecule has 5 heteroatoms. The van der Waals surface area contributed by atoms with Gasteiger partial charge in [-0.05, 0) is 44.3 Å². The first kappa shape index (κ1) is 16.6. The summed E-state index contributed by atoms with van der Waals surface area (Å²) in [7, 11) is 0. The Kier molecular flexibility index (Phi) is 8.30. The molecule has 1 saturated carbocycles. The summed E-state index contributed by atoms with van der Waals surface area (Å²) in [6.45, 7) is 3.00. The first-order valence-corrected chi connectivity index (χ1v) is 8.66. The fourth-order valence-corrected chi connectivity index (χ4v) is 3.49. The van der Waals surface area contributed by atoms with E-state index in [4.69, 9.17) is 5.11 Å². The van der Waals surface area contributed by atoms with Gasteiger partial charge in [0.15, 0.2) is 0 Å². The molecule has 1 aliphatic carbocycles. The van der Waals surface area contributed by atoms with Crippen molar-refractivity contribution in [2.75, 3.05) is 19.4 Å². The molecule has 0 radical (unpaired) electrons. The zero-order valence-corrected chi connectivity index (χ0v) is 13.0. The van der Waals surface area contributed by atoms with Crippen molar-refractivity contribution in [3.05, 3.63) is 0 Å². The lowest BCUT2D eigenvalue weighted by Crippen LogP contribution is -2.43. The quantitative estimate of drug-likeness (QED) is 0.642. The zero-order valence-electron chi connectivity index (χ0n) is 12.2. The summed E-state index contributed by atoms with van der Waals surface area (Å²) in [4.78, 5) is 11.8. The first-order chi connectivity index (χ1) is 9.19. The molecule has 0 spiro atoms. The SMILES string of the molecule is CCCC(CCO)CNC(=O)NC1CCC(SC)C1. The molecule has 0 aliphatic heterocycles. The van der Waals surface area contributed by atoms with Crippen LogP contribution in [0.25, 0.3) is 0 Å². The van der Waals surface area contributed by atoms with Crippen molar-refractivity contribution < 1.29 is 9.90 Å². The van der Waals surface area contributed by atoms with Gasteiger partial charge in [0.2, 0.25) is 0 Å². The summed E-state index contributed by atoms with van der Waals surface area (Å²) in [6.07, 6.45) is 8.43. The van der Waals surface area contributed by atoms with Crippen molar-refractivity contribution in [2.24, 2.45) is 5.92 Å². The van der Waals surface area contributed by atoms with E-state index in [1.54, 1.807) is 0 Å². The fraction of sp³-hybridized carbons (Fsp3) is 0.929. The maximum atomic E-state index is 11.8. The lowest BCUT2D eigenvalue weighted by atomic mass is 10.0. The molecule has 1 rings (SSSR count). The minimum absolute atomic E-state index is 0.0502. The van der Waals surface area contributed by atoms with Crippen LogP contribution in [0.3, 0.4) is 0 Å². The van der Waals surface area contributed by atoms with Gasteiger partial charge in [-0.1, -0.05) is 13.3 Å². The van der Waals surface area contributed by atoms with Gasteiger partial charge in [-0.2, -0.15) is 11.8 Å². The average molecular weight is 288 g/mol. The van der Waals surface area contributed by atoms with Crippen LogP contribution in [0.2, 0.25) is 0 Å². The highest BCUT2D eigenvalue weighted by Gasteiger charge is 2.25. The molecule has 3 atom stereocenters. The van der Waals surface area contributed by atoms with Gasteiger partial charge in [-0.25, -0.2) is 4.79 Å². The van der Waals surface area contributed by atoms with Crippen LogP contribution in [0, 0.1) is 5.92 Å². The predicted octanol–water partition coefficient (Wildman–Crippen LogP) is 2.37. The summed E-state index contributed by atoms with van der Waals surface area (Å²) in [5.41, 5.74) is 0. The highest BCUT2D eigenvalue weighted by atomic mass is 32.2. The molecule has 1 aliphatic rings. The summed E-state index contributed by atoms with van der Waals surface area (Å²) in [6, 6.07) is 0.283. The van der Waals surface area contributed by atoms with Crippen molar-refractivity contribution >= 4 is 17.8 Å². The minimum Gasteiger partial charge on any atom is -0.396 e. The van der Waals surface area contributed by atoms with Gasteiger partial charge in [0, 0.05) is 24.4 Å². The van der Waals surface area contributed by atoms with Crippen LogP contribution >= 0.6 is 11.8 Å². The predicted molar refractivity (Wildman–Crippen MR) is 81.6 cm³/mol. The molecule has 0 bridgehead atoms. The van der Waals surface area contributed by atoms with Gasteiger partial charge in [-0.3, -0.25) is 0 Å². The third-order valence-electron chi connectivity index (χ3n) is 3.84. The smallest absolute Gasteiger partial charge is 0.315 e. The molecule has 19 heavy (non-hydrogen) atoms. The van der Waals surface area contributed by atoms with Crippen molar-refractivity contribution in [1.29, 1.82) is 0 Å². The second-order valence-corrected chi connectivity index (χ2v) is 6.53. The molecular weight excluding hydrogens is 260 g/mol. The van der Waals surface area contributed by atoms with E-state index in [0.717, 1.165) is 32.1 Å². The molecule has 0 heterocycles. The van der Waals surface area contributed by atoms with Gasteiger partial charge >= 0.3 is 6.03 Å². The van der Waals surface area contributed by atoms with E-state index in [0.29, 0.717) is 23.8 Å². The molecule has 3 N–H and O–H groups in total. The number of aliphatic hydroxyl groups excluding tert-OH is 1. The number of hydrogen-bond donors (Lipinski definition) is 3. The monoisotopic (exact) mass is 288 g/mol.